The van der Waals surface area contributed by atoms with E-state index in [4.69, 9.17) is 0 Å². The van der Waals surface area contributed by atoms with Crippen molar-refractivity contribution in [3.63, 3.8) is 0 Å². The molecule has 0 saturated carbocycles. The highest BCUT2D eigenvalue weighted by Crippen LogP contribution is 2.25. The summed E-state index contributed by atoms with van der Waals surface area (Å²) >= 11 is 0. The molecule has 0 unspecified atom stereocenters. The van der Waals surface area contributed by atoms with E-state index in [1.54, 1.807) is 0 Å². The minimum Gasteiger partial charge on any atom is -0.313 e. The van der Waals surface area contributed by atoms with Crippen molar-refractivity contribution in [3.8, 4) is 0 Å². The van der Waals surface area contributed by atoms with Crippen LogP contribution in [0.25, 0.3) is 0 Å². The molecule has 2 rings (SSSR count). The van der Waals surface area contributed by atoms with Crippen molar-refractivity contribution in [2.75, 3.05) is 13.1 Å². The van der Waals surface area contributed by atoms with Crippen LogP contribution in [-0.4, -0.2) is 13.1 Å². The van der Waals surface area contributed by atoms with Gasteiger partial charge in [-0.2, -0.15) is 0 Å². The van der Waals surface area contributed by atoms with E-state index in [0.717, 1.165) is 13.1 Å². The molecular weight excluding hydrogens is 254 g/mol. The smallest absolute Gasteiger partial charge is 0.0270 e. The summed E-state index contributed by atoms with van der Waals surface area (Å²) in [4.78, 5) is 0. The van der Waals surface area contributed by atoms with E-state index < -0.39 is 0 Å². The Balaban J connectivity index is 2.08. The zero-order valence-electron chi connectivity index (χ0n) is 13.0. The van der Waals surface area contributed by atoms with Gasteiger partial charge in [0.25, 0.3) is 0 Å². The van der Waals surface area contributed by atoms with Crippen LogP contribution >= 0.6 is 0 Å². The maximum atomic E-state index is 3.46. The molecule has 1 N–H and O–H groups in total. The van der Waals surface area contributed by atoms with Crippen molar-refractivity contribution in [3.05, 3.63) is 83.9 Å². The monoisotopic (exact) mass is 279 g/mol. The average Bonchev–Trinajstić information content (AvgIpc) is 2.52. The van der Waals surface area contributed by atoms with Gasteiger partial charge in [-0.1, -0.05) is 86.7 Å². The fourth-order valence-electron chi connectivity index (χ4n) is 2.39. The average molecular weight is 279 g/mol. The first-order valence-electron chi connectivity index (χ1n) is 7.74. The molecule has 0 saturated heterocycles. The summed E-state index contributed by atoms with van der Waals surface area (Å²) in [6.07, 6.45) is 4.55. The Morgan fingerprint density at radius 3 is 1.86 bits per heavy atom. The first-order chi connectivity index (χ1) is 10.3. The summed E-state index contributed by atoms with van der Waals surface area (Å²) in [5.41, 5.74) is 2.67. The van der Waals surface area contributed by atoms with Crippen LogP contribution in [0.5, 0.6) is 0 Å². The molecule has 1 heteroatoms. The van der Waals surface area contributed by atoms with Crippen molar-refractivity contribution >= 4 is 0 Å². The van der Waals surface area contributed by atoms with Crippen LogP contribution in [-0.2, 0) is 0 Å². The standard InChI is InChI=1S/C20H25N/c1-17(2)16-21-15-9-14-20(18-10-5-3-6-11-18)19-12-7-4-8-13-19/h3-14,17,20-21H,15-16H2,1-2H3/b14-9+. The van der Waals surface area contributed by atoms with Crippen molar-refractivity contribution in [1.82, 2.24) is 5.32 Å². The molecule has 110 valence electrons. The Bertz CT molecular complexity index is 489. The van der Waals surface area contributed by atoms with E-state index in [0.29, 0.717) is 11.8 Å². The van der Waals surface area contributed by atoms with E-state index in [2.05, 4.69) is 92.0 Å². The predicted octanol–water partition coefficient (Wildman–Crippen LogP) is 4.62. The minimum absolute atomic E-state index is 0.327. The highest BCUT2D eigenvalue weighted by molar-refractivity contribution is 5.36. The first-order valence-corrected chi connectivity index (χ1v) is 7.74. The van der Waals surface area contributed by atoms with E-state index in [1.807, 2.05) is 0 Å². The molecule has 0 aliphatic rings. The number of nitrogens with one attached hydrogen (secondary N) is 1. The van der Waals surface area contributed by atoms with Gasteiger partial charge in [-0.25, -0.2) is 0 Å². The summed E-state index contributed by atoms with van der Waals surface area (Å²) in [5.74, 6) is 1.02. The lowest BCUT2D eigenvalue weighted by Crippen LogP contribution is -2.19. The topological polar surface area (TPSA) is 12.0 Å². The Hall–Kier alpha value is -1.86. The van der Waals surface area contributed by atoms with E-state index in [9.17, 15) is 0 Å². The molecule has 21 heavy (non-hydrogen) atoms. The summed E-state index contributed by atoms with van der Waals surface area (Å²) < 4.78 is 0. The van der Waals surface area contributed by atoms with Gasteiger partial charge in [0.1, 0.15) is 0 Å². The van der Waals surface area contributed by atoms with Gasteiger partial charge in [-0.3, -0.25) is 0 Å². The van der Waals surface area contributed by atoms with Crippen LogP contribution < -0.4 is 5.32 Å². The number of rotatable bonds is 7. The zero-order chi connectivity index (χ0) is 14.9. The maximum absolute atomic E-state index is 3.46. The van der Waals surface area contributed by atoms with Gasteiger partial charge in [0.05, 0.1) is 0 Å². The molecule has 2 aromatic rings. The van der Waals surface area contributed by atoms with Gasteiger partial charge in [0.2, 0.25) is 0 Å². The van der Waals surface area contributed by atoms with Crippen molar-refractivity contribution < 1.29 is 0 Å². The third kappa shape index (κ3) is 5.20. The highest BCUT2D eigenvalue weighted by atomic mass is 14.8. The van der Waals surface area contributed by atoms with Gasteiger partial charge in [0.15, 0.2) is 0 Å². The lowest BCUT2D eigenvalue weighted by molar-refractivity contribution is 0.576. The quantitative estimate of drug-likeness (QED) is 0.576. The molecule has 0 amide bonds. The van der Waals surface area contributed by atoms with Gasteiger partial charge in [-0.05, 0) is 23.6 Å². The fraction of sp³-hybridized carbons (Fsp3) is 0.300. The Labute approximate surface area is 128 Å². The summed E-state index contributed by atoms with van der Waals surface area (Å²) in [7, 11) is 0. The van der Waals surface area contributed by atoms with E-state index in [1.165, 1.54) is 11.1 Å². The molecule has 0 aliphatic heterocycles. The Morgan fingerprint density at radius 2 is 1.38 bits per heavy atom. The van der Waals surface area contributed by atoms with Crippen molar-refractivity contribution in [2.45, 2.75) is 19.8 Å². The maximum Gasteiger partial charge on any atom is 0.0270 e. The molecule has 0 spiro atoms. The van der Waals surface area contributed by atoms with Crippen LogP contribution in [0.3, 0.4) is 0 Å². The second-order valence-corrected chi connectivity index (χ2v) is 5.78. The van der Waals surface area contributed by atoms with Crippen LogP contribution in [0, 0.1) is 5.92 Å². The van der Waals surface area contributed by atoms with Crippen LogP contribution in [0.4, 0.5) is 0 Å². The number of allylic oxidation sites excluding steroid dienone is 1. The second-order valence-electron chi connectivity index (χ2n) is 5.78. The fourth-order valence-corrected chi connectivity index (χ4v) is 2.39. The van der Waals surface area contributed by atoms with Crippen molar-refractivity contribution in [1.29, 1.82) is 0 Å². The van der Waals surface area contributed by atoms with Gasteiger partial charge in [0, 0.05) is 12.5 Å². The number of benzene rings is 2. The van der Waals surface area contributed by atoms with E-state index in [-0.39, 0.29) is 0 Å². The number of hydrogen-bond acceptors (Lipinski definition) is 1. The van der Waals surface area contributed by atoms with Gasteiger partial charge >= 0.3 is 0 Å². The highest BCUT2D eigenvalue weighted by Gasteiger charge is 2.09. The molecule has 1 nitrogen and oxygen atoms in total. The van der Waals surface area contributed by atoms with Gasteiger partial charge < -0.3 is 5.32 Å². The summed E-state index contributed by atoms with van der Waals surface area (Å²) in [5, 5.41) is 3.46. The Morgan fingerprint density at radius 1 is 0.857 bits per heavy atom. The van der Waals surface area contributed by atoms with Crippen molar-refractivity contribution in [2.24, 2.45) is 5.92 Å². The molecule has 0 bridgehead atoms. The minimum atomic E-state index is 0.327. The molecule has 0 atom stereocenters. The lowest BCUT2D eigenvalue weighted by Gasteiger charge is -2.14. The molecule has 2 aromatic carbocycles. The lowest BCUT2D eigenvalue weighted by atomic mass is 9.91. The summed E-state index contributed by atoms with van der Waals surface area (Å²) in [6.45, 7) is 6.45. The van der Waals surface area contributed by atoms with Crippen LogP contribution in [0.15, 0.2) is 72.8 Å². The molecule has 0 aromatic heterocycles. The summed E-state index contributed by atoms with van der Waals surface area (Å²) in [6, 6.07) is 21.4. The molecule has 0 aliphatic carbocycles. The first kappa shape index (κ1) is 15.5. The van der Waals surface area contributed by atoms with Crippen LogP contribution in [0.2, 0.25) is 0 Å². The second kappa shape index (κ2) is 8.43. The normalized spacial score (nSPS) is 11.6. The van der Waals surface area contributed by atoms with E-state index >= 15 is 0 Å². The molecule has 0 radical (unpaired) electrons. The molecule has 0 heterocycles. The van der Waals surface area contributed by atoms with Gasteiger partial charge in [-0.15, -0.1) is 0 Å². The SMILES string of the molecule is CC(C)CNC/C=C/C(c1ccccc1)c1ccccc1. The molecular formula is C20H25N. The third-order valence-electron chi connectivity index (χ3n) is 3.46. The Kier molecular flexibility index (Phi) is 6.23. The largest absolute Gasteiger partial charge is 0.313 e. The predicted molar refractivity (Wildman–Crippen MR) is 91.6 cm³/mol. The third-order valence-corrected chi connectivity index (χ3v) is 3.46. The number of hydrogen-bond donors (Lipinski definition) is 1. The molecule has 0 fully saturated rings. The zero-order valence-corrected chi connectivity index (χ0v) is 13.0. The van der Waals surface area contributed by atoms with Crippen LogP contribution in [0.1, 0.15) is 30.9 Å².